The molecule has 0 spiro atoms. The lowest BCUT2D eigenvalue weighted by atomic mass is 10.1. The molecule has 0 saturated heterocycles. The van der Waals surface area contributed by atoms with E-state index in [1.807, 2.05) is 0 Å². The number of hydrogen-bond donors (Lipinski definition) is 1. The maximum atomic E-state index is 11.4. The Hall–Kier alpha value is -1.52. The number of rotatable bonds is 10. The topological polar surface area (TPSA) is 64.4 Å². The van der Waals surface area contributed by atoms with Crippen molar-refractivity contribution in [1.82, 2.24) is 4.98 Å². The van der Waals surface area contributed by atoms with Crippen molar-refractivity contribution in [3.8, 4) is 0 Å². The molecule has 0 bridgehead atoms. The zero-order valence-corrected chi connectivity index (χ0v) is 11.9. The number of carbonyl (C=O) groups excluding carboxylic acids is 1. The van der Waals surface area contributed by atoms with Gasteiger partial charge in [-0.3, -0.25) is 0 Å². The van der Waals surface area contributed by atoms with Crippen LogP contribution in [0.1, 0.15) is 62.9 Å². The number of nitrogens with one attached hydrogen (secondary N) is 1. The Bertz CT molecular complexity index is 363. The maximum Gasteiger partial charge on any atom is 0.360 e. The van der Waals surface area contributed by atoms with Crippen LogP contribution in [-0.4, -0.2) is 24.1 Å². The number of unbranched alkanes of at least 4 members (excludes halogenated alkanes) is 5. The number of nitrogens with zero attached hydrogens (tertiary/aromatic N) is 1. The van der Waals surface area contributed by atoms with Gasteiger partial charge in [0.25, 0.3) is 6.01 Å². The van der Waals surface area contributed by atoms with Gasteiger partial charge in [-0.15, -0.1) is 0 Å². The molecule has 0 saturated carbocycles. The van der Waals surface area contributed by atoms with E-state index in [4.69, 9.17) is 9.15 Å². The Balaban J connectivity index is 2.14. The Kier molecular flexibility index (Phi) is 7.70. The fourth-order valence-corrected chi connectivity index (χ4v) is 1.75. The zero-order chi connectivity index (χ0) is 13.9. The normalized spacial score (nSPS) is 10.4. The number of oxazole rings is 1. The lowest BCUT2D eigenvalue weighted by Gasteiger charge is -2.01. The van der Waals surface area contributed by atoms with Crippen molar-refractivity contribution in [1.29, 1.82) is 0 Å². The van der Waals surface area contributed by atoms with Crippen molar-refractivity contribution in [2.45, 2.75) is 52.4 Å². The highest BCUT2D eigenvalue weighted by molar-refractivity contribution is 5.87. The Morgan fingerprint density at radius 2 is 2.00 bits per heavy atom. The molecule has 1 aromatic heterocycles. The van der Waals surface area contributed by atoms with Crippen LogP contribution in [0.5, 0.6) is 0 Å². The van der Waals surface area contributed by atoms with Gasteiger partial charge in [0.05, 0.1) is 6.61 Å². The molecule has 0 atom stereocenters. The maximum absolute atomic E-state index is 11.4. The zero-order valence-electron chi connectivity index (χ0n) is 11.9. The average Bonchev–Trinajstić information content (AvgIpc) is 2.87. The van der Waals surface area contributed by atoms with Crippen molar-refractivity contribution in [2.75, 3.05) is 18.5 Å². The van der Waals surface area contributed by atoms with E-state index in [9.17, 15) is 4.79 Å². The van der Waals surface area contributed by atoms with Crippen molar-refractivity contribution < 1.29 is 13.9 Å². The van der Waals surface area contributed by atoms with Crippen molar-refractivity contribution >= 4 is 12.0 Å². The molecule has 0 radical (unpaired) electrons. The summed E-state index contributed by atoms with van der Waals surface area (Å²) < 4.78 is 9.99. The first-order chi connectivity index (χ1) is 9.27. The largest absolute Gasteiger partial charge is 0.461 e. The van der Waals surface area contributed by atoms with E-state index in [2.05, 4.69) is 17.2 Å². The van der Waals surface area contributed by atoms with Crippen molar-refractivity contribution in [3.05, 3.63) is 12.0 Å². The van der Waals surface area contributed by atoms with Crippen molar-refractivity contribution in [2.24, 2.45) is 0 Å². The van der Waals surface area contributed by atoms with E-state index in [1.54, 1.807) is 6.92 Å². The molecule has 19 heavy (non-hydrogen) atoms. The highest BCUT2D eigenvalue weighted by Gasteiger charge is 2.12. The number of carbonyl (C=O) groups is 1. The first kappa shape index (κ1) is 15.5. The summed E-state index contributed by atoms with van der Waals surface area (Å²) in [5.74, 6) is -0.445. The predicted octanol–water partition coefficient (Wildman–Crippen LogP) is 3.62. The lowest BCUT2D eigenvalue weighted by Crippen LogP contribution is -2.06. The third-order valence-corrected chi connectivity index (χ3v) is 2.80. The smallest absolute Gasteiger partial charge is 0.360 e. The second kappa shape index (κ2) is 9.42. The molecule has 108 valence electrons. The van der Waals surface area contributed by atoms with Crippen LogP contribution in [0.25, 0.3) is 0 Å². The molecule has 1 aromatic rings. The van der Waals surface area contributed by atoms with Gasteiger partial charge in [-0.2, -0.15) is 4.98 Å². The number of aromatic nitrogens is 1. The van der Waals surface area contributed by atoms with Gasteiger partial charge in [-0.1, -0.05) is 39.0 Å². The van der Waals surface area contributed by atoms with Gasteiger partial charge in [0, 0.05) is 6.54 Å². The Morgan fingerprint density at radius 3 is 2.74 bits per heavy atom. The molecule has 0 aliphatic rings. The van der Waals surface area contributed by atoms with Gasteiger partial charge in [0.1, 0.15) is 6.26 Å². The molecule has 1 N–H and O–H groups in total. The summed E-state index contributed by atoms with van der Waals surface area (Å²) in [4.78, 5) is 15.4. The number of anilines is 1. The standard InChI is InChI=1S/C14H24N2O3/c1-3-5-6-7-8-9-10-15-14-16-12(11-19-14)13(17)18-4-2/h11H,3-10H2,1-2H3,(H,15,16). The minimum Gasteiger partial charge on any atom is -0.461 e. The average molecular weight is 268 g/mol. The third-order valence-electron chi connectivity index (χ3n) is 2.80. The van der Waals surface area contributed by atoms with Gasteiger partial charge < -0.3 is 14.5 Å². The van der Waals surface area contributed by atoms with Gasteiger partial charge in [-0.25, -0.2) is 4.79 Å². The first-order valence-electron chi connectivity index (χ1n) is 7.14. The van der Waals surface area contributed by atoms with Crippen LogP contribution in [0.3, 0.4) is 0 Å². The van der Waals surface area contributed by atoms with Gasteiger partial charge in [0.2, 0.25) is 0 Å². The summed E-state index contributed by atoms with van der Waals surface area (Å²) in [7, 11) is 0. The van der Waals surface area contributed by atoms with Gasteiger partial charge in [0.15, 0.2) is 5.69 Å². The SMILES string of the molecule is CCCCCCCCNc1nc(C(=O)OCC)co1. The Labute approximate surface area is 114 Å². The van der Waals surface area contributed by atoms with E-state index < -0.39 is 5.97 Å². The molecule has 5 heteroatoms. The van der Waals surface area contributed by atoms with Crippen molar-refractivity contribution in [3.63, 3.8) is 0 Å². The van der Waals surface area contributed by atoms with E-state index in [1.165, 1.54) is 38.4 Å². The summed E-state index contributed by atoms with van der Waals surface area (Å²) in [6, 6.07) is 0.386. The second-order valence-corrected chi connectivity index (χ2v) is 4.45. The highest BCUT2D eigenvalue weighted by Crippen LogP contribution is 2.10. The van der Waals surface area contributed by atoms with Crippen LogP contribution in [0.4, 0.5) is 6.01 Å². The van der Waals surface area contributed by atoms with E-state index in [0.29, 0.717) is 12.6 Å². The lowest BCUT2D eigenvalue weighted by molar-refractivity contribution is 0.0519. The van der Waals surface area contributed by atoms with Crippen LogP contribution in [0, 0.1) is 0 Å². The summed E-state index contributed by atoms with van der Waals surface area (Å²) in [5.41, 5.74) is 0.215. The number of ether oxygens (including phenoxy) is 1. The molecule has 0 aliphatic carbocycles. The molecule has 1 heterocycles. The fourth-order valence-electron chi connectivity index (χ4n) is 1.75. The monoisotopic (exact) mass is 268 g/mol. The minimum absolute atomic E-state index is 0.215. The predicted molar refractivity (Wildman–Crippen MR) is 74.3 cm³/mol. The molecule has 5 nitrogen and oxygen atoms in total. The molecule has 0 unspecified atom stereocenters. The molecule has 0 aliphatic heterocycles. The van der Waals surface area contributed by atoms with Gasteiger partial charge >= 0.3 is 5.97 Å². The van der Waals surface area contributed by atoms with Crippen LogP contribution in [-0.2, 0) is 4.74 Å². The molecular formula is C14H24N2O3. The highest BCUT2D eigenvalue weighted by atomic mass is 16.5. The third kappa shape index (κ3) is 6.27. The molecule has 0 aromatic carbocycles. The molecule has 0 fully saturated rings. The summed E-state index contributed by atoms with van der Waals surface area (Å²) >= 11 is 0. The summed E-state index contributed by atoms with van der Waals surface area (Å²) in [6.07, 6.45) is 8.78. The second-order valence-electron chi connectivity index (χ2n) is 4.45. The molecule has 0 amide bonds. The van der Waals surface area contributed by atoms with E-state index >= 15 is 0 Å². The van der Waals surface area contributed by atoms with Crippen LogP contribution in [0.15, 0.2) is 10.7 Å². The summed E-state index contributed by atoms with van der Waals surface area (Å²) in [6.45, 7) is 5.13. The first-order valence-corrected chi connectivity index (χ1v) is 7.14. The minimum atomic E-state index is -0.445. The van der Waals surface area contributed by atoms with Crippen LogP contribution in [0.2, 0.25) is 0 Å². The summed E-state index contributed by atoms with van der Waals surface area (Å²) in [5, 5.41) is 3.07. The van der Waals surface area contributed by atoms with E-state index in [-0.39, 0.29) is 5.69 Å². The number of hydrogen-bond acceptors (Lipinski definition) is 5. The van der Waals surface area contributed by atoms with Crippen LogP contribution < -0.4 is 5.32 Å². The molecular weight excluding hydrogens is 244 g/mol. The number of esters is 1. The van der Waals surface area contributed by atoms with Crippen LogP contribution >= 0.6 is 0 Å². The molecule has 1 rings (SSSR count). The fraction of sp³-hybridized carbons (Fsp3) is 0.714. The quantitative estimate of drug-likeness (QED) is 0.518. The van der Waals surface area contributed by atoms with Gasteiger partial charge in [-0.05, 0) is 13.3 Å². The Morgan fingerprint density at radius 1 is 1.26 bits per heavy atom. The van der Waals surface area contributed by atoms with E-state index in [0.717, 1.165) is 13.0 Å².